The number of fused-ring (bicyclic) bond motifs is 9. The molecule has 3 heterocycles. The minimum Gasteiger partial charge on any atom is -0.227 e. The van der Waals surface area contributed by atoms with E-state index in [9.17, 15) is 10.5 Å². The van der Waals surface area contributed by atoms with Gasteiger partial charge in [0.05, 0.1) is 44.1 Å². The topological polar surface area (TPSA) is 56.3 Å². The van der Waals surface area contributed by atoms with Crippen LogP contribution >= 0.6 is 34.0 Å². The molecule has 2 saturated carbocycles. The van der Waals surface area contributed by atoms with E-state index in [4.69, 9.17) is 13.1 Å². The van der Waals surface area contributed by atoms with Crippen molar-refractivity contribution in [2.24, 2.45) is 0 Å². The molecule has 3 aromatic heterocycles. The van der Waals surface area contributed by atoms with Crippen molar-refractivity contribution in [3.8, 4) is 12.1 Å². The second kappa shape index (κ2) is 9.05. The third kappa shape index (κ3) is 3.35. The molecule has 0 saturated heterocycles. The highest BCUT2D eigenvalue weighted by atomic mass is 32.1. The van der Waals surface area contributed by atoms with Gasteiger partial charge >= 0.3 is 0 Å². The summed E-state index contributed by atoms with van der Waals surface area (Å²) >= 11 is 5.72. The van der Waals surface area contributed by atoms with E-state index in [-0.39, 0.29) is 22.2 Å². The summed E-state index contributed by atoms with van der Waals surface area (Å²) in [7, 11) is 0. The van der Waals surface area contributed by atoms with Crippen LogP contribution in [0.2, 0.25) is 0 Å². The van der Waals surface area contributed by atoms with E-state index < -0.39 is 0 Å². The van der Waals surface area contributed by atoms with E-state index in [1.54, 1.807) is 0 Å². The van der Waals surface area contributed by atoms with Crippen molar-refractivity contribution in [1.29, 1.82) is 10.5 Å². The molecule has 0 radical (unpaired) electrons. The number of thiophene rings is 3. The molecule has 0 atom stereocenters. The maximum absolute atomic E-state index is 9.50. The molecule has 0 amide bonds. The summed E-state index contributed by atoms with van der Waals surface area (Å²) in [6.07, 6.45) is 19.7. The Hall–Kier alpha value is -3.46. The van der Waals surface area contributed by atoms with Crippen molar-refractivity contribution >= 4 is 65.0 Å². The number of nitrogens with zero attached hydrogens (tertiary/aromatic N) is 4. The molecule has 7 heteroatoms. The molecule has 0 aliphatic heterocycles. The second-order valence-corrected chi connectivity index (χ2v) is 14.2. The summed E-state index contributed by atoms with van der Waals surface area (Å²) in [5, 5.41) is 19.0. The van der Waals surface area contributed by atoms with Gasteiger partial charge in [-0.3, -0.25) is 0 Å². The van der Waals surface area contributed by atoms with E-state index in [1.807, 2.05) is 46.2 Å². The molecule has 3 aromatic rings. The molecule has 39 heavy (non-hydrogen) atoms. The van der Waals surface area contributed by atoms with Gasteiger partial charge < -0.3 is 0 Å². The van der Waals surface area contributed by atoms with Crippen LogP contribution in [0.3, 0.4) is 0 Å². The average Bonchev–Trinajstić information content (AvgIpc) is 3.72. The van der Waals surface area contributed by atoms with Gasteiger partial charge in [-0.05, 0) is 72.3 Å². The summed E-state index contributed by atoms with van der Waals surface area (Å²) in [6.45, 7) is 14.9. The number of allylic oxidation sites excluding steroid dienone is 6. The Morgan fingerprint density at radius 1 is 0.667 bits per heavy atom. The van der Waals surface area contributed by atoms with Crippen LogP contribution < -0.4 is 0 Å². The van der Waals surface area contributed by atoms with E-state index in [0.717, 1.165) is 36.8 Å². The molecule has 2 spiro atoms. The van der Waals surface area contributed by atoms with E-state index in [2.05, 4.69) is 34.0 Å². The Bertz CT molecular complexity index is 1690. The first kappa shape index (κ1) is 24.6. The molecule has 0 unspecified atom stereocenters. The highest BCUT2D eigenvalue weighted by Crippen LogP contribution is 2.63. The summed E-state index contributed by atoms with van der Waals surface area (Å²) in [6, 6.07) is 4.17. The van der Waals surface area contributed by atoms with Gasteiger partial charge in [0.15, 0.2) is 0 Å². The van der Waals surface area contributed by atoms with E-state index >= 15 is 0 Å². The summed E-state index contributed by atoms with van der Waals surface area (Å²) in [4.78, 5) is 9.58. The predicted octanol–water partition coefficient (Wildman–Crippen LogP) is 10.0. The first-order chi connectivity index (χ1) is 19.1. The fourth-order valence-corrected chi connectivity index (χ4v) is 12.4. The van der Waals surface area contributed by atoms with E-state index in [0.29, 0.717) is 0 Å². The first-order valence-electron chi connectivity index (χ1n) is 13.5. The molecular weight excluding hydrogens is 537 g/mol. The van der Waals surface area contributed by atoms with Gasteiger partial charge in [-0.1, -0.05) is 38.5 Å². The van der Waals surface area contributed by atoms with Gasteiger partial charge in [-0.25, -0.2) is 20.2 Å². The van der Waals surface area contributed by atoms with Crippen LogP contribution in [0.1, 0.15) is 85.1 Å². The molecule has 0 N–H and O–H groups in total. The Labute approximate surface area is 240 Å². The SMILES string of the molecule is [C-]#[N+]/C(C#N)=C\C1=Cc2sc3c(sc4c5c(sc43)C=C(/C=C(\C#N)[N+]#[C-])C53CCCCC3)c2C12CCCCC2. The quantitative estimate of drug-likeness (QED) is 0.231. The lowest BCUT2D eigenvalue weighted by Crippen LogP contribution is -2.28. The number of rotatable bonds is 2. The van der Waals surface area contributed by atoms with Crippen molar-refractivity contribution < 1.29 is 0 Å². The first-order valence-corrected chi connectivity index (χ1v) is 16.0. The molecular formula is C32H24N4S3. The van der Waals surface area contributed by atoms with Crippen molar-refractivity contribution in [3.63, 3.8) is 0 Å². The summed E-state index contributed by atoms with van der Waals surface area (Å²) in [5.74, 6) is 0. The van der Waals surface area contributed by atoms with Crippen LogP contribution in [-0.4, -0.2) is 0 Å². The van der Waals surface area contributed by atoms with Gasteiger partial charge in [0, 0.05) is 20.6 Å². The molecule has 2 fully saturated rings. The zero-order valence-electron chi connectivity index (χ0n) is 21.4. The highest BCUT2D eigenvalue weighted by Gasteiger charge is 2.47. The lowest BCUT2D eigenvalue weighted by atomic mass is 9.67. The number of hydrogen-bond acceptors (Lipinski definition) is 5. The van der Waals surface area contributed by atoms with E-state index in [1.165, 1.54) is 78.2 Å². The fourth-order valence-electron chi connectivity index (χ4n) is 7.64. The molecule has 0 aromatic carbocycles. The Kier molecular flexibility index (Phi) is 5.70. The van der Waals surface area contributed by atoms with Gasteiger partial charge in [0.1, 0.15) is 0 Å². The van der Waals surface area contributed by atoms with Crippen LogP contribution in [0.5, 0.6) is 0 Å². The number of nitriles is 2. The van der Waals surface area contributed by atoms with Crippen molar-refractivity contribution in [2.75, 3.05) is 0 Å². The fraction of sp³-hybridized carbons (Fsp3) is 0.375. The Balaban J connectivity index is 1.44. The number of hydrogen-bond donors (Lipinski definition) is 0. The predicted molar refractivity (Wildman–Crippen MR) is 161 cm³/mol. The van der Waals surface area contributed by atoms with Gasteiger partial charge in [0.2, 0.25) is 0 Å². The molecule has 4 nitrogen and oxygen atoms in total. The lowest BCUT2D eigenvalue weighted by Gasteiger charge is -2.37. The second-order valence-electron chi connectivity index (χ2n) is 11.1. The maximum atomic E-state index is 9.50. The maximum Gasteiger partial charge on any atom is 0.262 e. The summed E-state index contributed by atoms with van der Waals surface area (Å²) < 4.78 is 5.58. The molecule has 0 bridgehead atoms. The largest absolute Gasteiger partial charge is 0.262 e. The van der Waals surface area contributed by atoms with Crippen LogP contribution in [0.15, 0.2) is 34.7 Å². The third-order valence-corrected chi connectivity index (χ3v) is 13.2. The minimum absolute atomic E-state index is 0.0965. The minimum atomic E-state index is -0.0965. The lowest BCUT2D eigenvalue weighted by molar-refractivity contribution is 0.353. The van der Waals surface area contributed by atoms with Crippen LogP contribution in [-0.2, 0) is 10.8 Å². The Morgan fingerprint density at radius 3 is 1.44 bits per heavy atom. The normalized spacial score (nSPS) is 21.2. The van der Waals surface area contributed by atoms with Gasteiger partial charge in [-0.15, -0.1) is 34.0 Å². The monoisotopic (exact) mass is 560 g/mol. The van der Waals surface area contributed by atoms with Crippen LogP contribution in [0.25, 0.3) is 40.6 Å². The molecule has 4 aliphatic carbocycles. The zero-order chi connectivity index (χ0) is 26.8. The highest BCUT2D eigenvalue weighted by molar-refractivity contribution is 7.39. The average molecular weight is 561 g/mol. The van der Waals surface area contributed by atoms with Gasteiger partial charge in [-0.2, -0.15) is 0 Å². The van der Waals surface area contributed by atoms with Crippen molar-refractivity contribution in [2.45, 2.75) is 75.0 Å². The van der Waals surface area contributed by atoms with Crippen LogP contribution in [0, 0.1) is 35.8 Å². The van der Waals surface area contributed by atoms with Crippen molar-refractivity contribution in [3.05, 3.63) is 78.4 Å². The zero-order valence-corrected chi connectivity index (χ0v) is 23.8. The molecule has 190 valence electrons. The molecule has 7 rings (SSSR count). The van der Waals surface area contributed by atoms with Crippen LogP contribution in [0.4, 0.5) is 0 Å². The smallest absolute Gasteiger partial charge is 0.227 e. The molecule has 4 aliphatic rings. The summed E-state index contributed by atoms with van der Waals surface area (Å²) in [5.41, 5.74) is 5.35. The Morgan fingerprint density at radius 2 is 1.08 bits per heavy atom. The third-order valence-electron chi connectivity index (χ3n) is 9.30. The van der Waals surface area contributed by atoms with Crippen molar-refractivity contribution in [1.82, 2.24) is 0 Å². The van der Waals surface area contributed by atoms with Gasteiger partial charge in [0.25, 0.3) is 11.4 Å². The standard InChI is InChI=1S/C32H24N4S3/c1-35-21(17-33)13-19-15-23-25(31(19)9-5-3-6-10-31)27-29(37-23)30-28(39-27)26-24(38-30)16-20(14-22(18-34)36-2)32(26)11-7-4-8-12-32/h13-16H,3-12H2/b21-13-,22-14+.